The lowest BCUT2D eigenvalue weighted by Gasteiger charge is -2.21. The predicted molar refractivity (Wildman–Crippen MR) is 161 cm³/mol. The van der Waals surface area contributed by atoms with Crippen molar-refractivity contribution in [3.63, 3.8) is 0 Å². The van der Waals surface area contributed by atoms with Crippen molar-refractivity contribution < 1.29 is 27.6 Å². The van der Waals surface area contributed by atoms with Crippen LogP contribution in [-0.4, -0.2) is 75.3 Å². The molecule has 3 aromatic carbocycles. The Kier molecular flexibility index (Phi) is 10.1. The van der Waals surface area contributed by atoms with Crippen LogP contribution in [0.5, 0.6) is 0 Å². The van der Waals surface area contributed by atoms with Gasteiger partial charge in [-0.3, -0.25) is 14.9 Å². The Morgan fingerprint density at radius 2 is 1.67 bits per heavy atom. The van der Waals surface area contributed by atoms with E-state index in [2.05, 4.69) is 10.1 Å². The maximum Gasteiger partial charge on any atom is 0.280 e. The molecule has 4 aromatic rings. The number of hydrazone groups is 1. The van der Waals surface area contributed by atoms with Crippen LogP contribution in [0, 0.1) is 17.0 Å². The van der Waals surface area contributed by atoms with E-state index >= 15 is 0 Å². The Labute approximate surface area is 247 Å². The molecule has 0 aliphatic carbocycles. The molecule has 0 saturated heterocycles. The molecule has 0 saturated carbocycles. The molecule has 1 amide bonds. The van der Waals surface area contributed by atoms with Crippen LogP contribution in [0.3, 0.4) is 0 Å². The molecule has 1 aromatic heterocycles. The van der Waals surface area contributed by atoms with Crippen LogP contribution >= 0.6 is 11.3 Å². The number of rotatable bonds is 13. The quantitative estimate of drug-likeness (QED) is 0.122. The molecule has 0 bridgehead atoms. The van der Waals surface area contributed by atoms with Gasteiger partial charge in [0.15, 0.2) is 0 Å². The van der Waals surface area contributed by atoms with Crippen molar-refractivity contribution in [2.24, 2.45) is 5.10 Å². The van der Waals surface area contributed by atoms with Crippen LogP contribution in [0.2, 0.25) is 0 Å². The maximum atomic E-state index is 13.7. The number of aromatic nitrogens is 1. The summed E-state index contributed by atoms with van der Waals surface area (Å²) < 4.78 is 38.8. The van der Waals surface area contributed by atoms with Crippen LogP contribution in [0.15, 0.2) is 76.7 Å². The minimum absolute atomic E-state index is 0.0163. The Bertz CT molecular complexity index is 1680. The average molecular weight is 612 g/mol. The highest BCUT2D eigenvalue weighted by Crippen LogP contribution is 2.31. The summed E-state index contributed by atoms with van der Waals surface area (Å²) in [5.74, 6) is -0.538. The van der Waals surface area contributed by atoms with Gasteiger partial charge in [-0.2, -0.15) is 14.4 Å². The molecule has 14 heteroatoms. The van der Waals surface area contributed by atoms with E-state index in [9.17, 15) is 23.3 Å². The van der Waals surface area contributed by atoms with Gasteiger partial charge in [0.25, 0.3) is 11.6 Å². The second-order valence-electron chi connectivity index (χ2n) is 9.09. The highest BCUT2D eigenvalue weighted by atomic mass is 32.2. The first-order chi connectivity index (χ1) is 20.1. The standard InChI is InChI=1S/C28H29N5O7S2/c1-20-4-13-25-26(18-20)41-28(30-25)32(29-19-21-5-9-23(10-6-21)33(35)36)27(34)22-7-11-24(12-8-22)42(37,38)31(14-16-39-2)15-17-40-3/h4-13,18-19H,14-17H2,1-3H3/b29-19+. The minimum atomic E-state index is -3.88. The van der Waals surface area contributed by atoms with Gasteiger partial charge in [-0.05, 0) is 66.6 Å². The molecule has 0 N–H and O–H groups in total. The second-order valence-corrected chi connectivity index (χ2v) is 12.0. The molecule has 0 unspecified atom stereocenters. The van der Waals surface area contributed by atoms with Crippen LogP contribution in [0.25, 0.3) is 10.2 Å². The lowest BCUT2D eigenvalue weighted by Crippen LogP contribution is -2.36. The van der Waals surface area contributed by atoms with Crippen molar-refractivity contribution in [1.82, 2.24) is 9.29 Å². The van der Waals surface area contributed by atoms with Gasteiger partial charge in [-0.1, -0.05) is 17.4 Å². The van der Waals surface area contributed by atoms with Gasteiger partial charge < -0.3 is 9.47 Å². The van der Waals surface area contributed by atoms with Gasteiger partial charge in [0.05, 0.1) is 39.5 Å². The van der Waals surface area contributed by atoms with E-state index in [4.69, 9.17) is 9.47 Å². The summed E-state index contributed by atoms with van der Waals surface area (Å²) in [6.45, 7) is 2.66. The summed E-state index contributed by atoms with van der Waals surface area (Å²) >= 11 is 1.28. The number of nitro groups is 1. The Morgan fingerprint density at radius 1 is 1.02 bits per heavy atom. The fourth-order valence-electron chi connectivity index (χ4n) is 3.88. The highest BCUT2D eigenvalue weighted by Gasteiger charge is 2.26. The molecule has 220 valence electrons. The van der Waals surface area contributed by atoms with Crippen LogP contribution < -0.4 is 5.01 Å². The topological polar surface area (TPSA) is 145 Å². The van der Waals surface area contributed by atoms with Crippen LogP contribution in [-0.2, 0) is 19.5 Å². The molecule has 0 atom stereocenters. The van der Waals surface area contributed by atoms with Crippen LogP contribution in [0.1, 0.15) is 21.5 Å². The number of hydrogen-bond donors (Lipinski definition) is 0. The molecule has 42 heavy (non-hydrogen) atoms. The number of thiazole rings is 1. The second kappa shape index (κ2) is 13.7. The lowest BCUT2D eigenvalue weighted by molar-refractivity contribution is -0.384. The third-order valence-electron chi connectivity index (χ3n) is 6.16. The van der Waals surface area contributed by atoms with E-state index < -0.39 is 20.9 Å². The Hall–Kier alpha value is -4.08. The Morgan fingerprint density at radius 3 is 2.26 bits per heavy atom. The number of anilines is 1. The van der Waals surface area contributed by atoms with Crippen molar-refractivity contribution in [1.29, 1.82) is 0 Å². The molecule has 12 nitrogen and oxygen atoms in total. The number of hydrogen-bond acceptors (Lipinski definition) is 10. The summed E-state index contributed by atoms with van der Waals surface area (Å²) in [5.41, 5.74) is 2.37. The SMILES string of the molecule is COCCN(CCOC)S(=O)(=O)c1ccc(C(=O)N(/N=C/c2ccc([N+](=O)[O-])cc2)c2nc3ccc(C)cc3s2)cc1. The summed E-state index contributed by atoms with van der Waals surface area (Å²) in [5, 5.41) is 16.8. The summed E-state index contributed by atoms with van der Waals surface area (Å²) in [7, 11) is -0.897. The van der Waals surface area contributed by atoms with Gasteiger partial charge >= 0.3 is 0 Å². The van der Waals surface area contributed by atoms with Crippen molar-refractivity contribution >= 4 is 54.5 Å². The number of aryl methyl sites for hydroxylation is 1. The number of benzene rings is 3. The molecular weight excluding hydrogens is 582 g/mol. The smallest absolute Gasteiger partial charge is 0.280 e. The highest BCUT2D eigenvalue weighted by molar-refractivity contribution is 7.89. The van der Waals surface area contributed by atoms with Crippen molar-refractivity contribution in [3.05, 3.63) is 93.5 Å². The van der Waals surface area contributed by atoms with Crippen molar-refractivity contribution in [2.75, 3.05) is 45.5 Å². The van der Waals surface area contributed by atoms with Crippen molar-refractivity contribution in [2.45, 2.75) is 11.8 Å². The van der Waals surface area contributed by atoms with E-state index in [0.29, 0.717) is 16.2 Å². The summed E-state index contributed by atoms with van der Waals surface area (Å²) in [6, 6.07) is 17.0. The molecule has 0 radical (unpaired) electrons. The van der Waals surface area contributed by atoms with Crippen LogP contribution in [0.4, 0.5) is 10.8 Å². The molecular formula is C28H29N5O7S2. The van der Waals surface area contributed by atoms with Gasteiger partial charge in [0.2, 0.25) is 15.2 Å². The lowest BCUT2D eigenvalue weighted by atomic mass is 10.2. The van der Waals surface area contributed by atoms with E-state index in [0.717, 1.165) is 15.3 Å². The summed E-state index contributed by atoms with van der Waals surface area (Å²) in [6.07, 6.45) is 1.40. The third kappa shape index (κ3) is 7.21. The van der Waals surface area contributed by atoms with Gasteiger partial charge in [-0.15, -0.1) is 0 Å². The Balaban J connectivity index is 1.66. The number of sulfonamides is 1. The van der Waals surface area contributed by atoms with Crippen molar-refractivity contribution in [3.8, 4) is 0 Å². The predicted octanol–water partition coefficient (Wildman–Crippen LogP) is 4.48. The monoisotopic (exact) mass is 611 g/mol. The normalized spacial score (nSPS) is 11.9. The zero-order chi connectivity index (χ0) is 30.3. The molecule has 0 aliphatic rings. The molecule has 4 rings (SSSR count). The van der Waals surface area contributed by atoms with E-state index in [1.807, 2.05) is 25.1 Å². The van der Waals surface area contributed by atoms with E-state index in [1.54, 1.807) is 0 Å². The number of ether oxygens (including phenoxy) is 2. The van der Waals surface area contributed by atoms with E-state index in [1.165, 1.54) is 84.6 Å². The first-order valence-electron chi connectivity index (χ1n) is 12.7. The zero-order valence-corrected chi connectivity index (χ0v) is 24.8. The van der Waals surface area contributed by atoms with Gasteiger partial charge in [0.1, 0.15) is 0 Å². The summed E-state index contributed by atoms with van der Waals surface area (Å²) in [4.78, 5) is 28.8. The first kappa shape index (κ1) is 30.9. The molecule has 0 fully saturated rings. The van der Waals surface area contributed by atoms with Gasteiger partial charge in [0, 0.05) is 45.0 Å². The molecule has 1 heterocycles. The number of amides is 1. The number of carbonyl (C=O) groups excluding carboxylic acids is 1. The largest absolute Gasteiger partial charge is 0.383 e. The van der Waals surface area contributed by atoms with Gasteiger partial charge in [-0.25, -0.2) is 13.4 Å². The average Bonchev–Trinajstić information content (AvgIpc) is 3.40. The fourth-order valence-corrected chi connectivity index (χ4v) is 6.31. The number of non-ortho nitro benzene ring substituents is 1. The number of fused-ring (bicyclic) bond motifs is 1. The minimum Gasteiger partial charge on any atom is -0.383 e. The first-order valence-corrected chi connectivity index (χ1v) is 15.0. The fraction of sp³-hybridized carbons (Fsp3) is 0.250. The zero-order valence-electron chi connectivity index (χ0n) is 23.2. The van der Waals surface area contributed by atoms with E-state index in [-0.39, 0.29) is 42.4 Å². The third-order valence-corrected chi connectivity index (χ3v) is 9.07. The molecule has 0 aliphatic heterocycles. The number of methoxy groups -OCH3 is 2. The maximum absolute atomic E-state index is 13.7. The number of nitrogens with zero attached hydrogens (tertiary/aromatic N) is 5. The number of nitro benzene ring substituents is 1. The number of carbonyl (C=O) groups is 1. The molecule has 0 spiro atoms.